The van der Waals surface area contributed by atoms with Crippen LogP contribution >= 0.6 is 15.9 Å². The summed E-state index contributed by atoms with van der Waals surface area (Å²) in [6.07, 6.45) is 5.16. The summed E-state index contributed by atoms with van der Waals surface area (Å²) in [6, 6.07) is 10.5. The molecule has 2 aliphatic rings. The molecule has 0 bridgehead atoms. The molecule has 0 fully saturated rings. The summed E-state index contributed by atoms with van der Waals surface area (Å²) in [6.45, 7) is 0. The molecule has 2 aliphatic carbocycles. The van der Waals surface area contributed by atoms with E-state index in [2.05, 4.69) is 51.1 Å². The summed E-state index contributed by atoms with van der Waals surface area (Å²) >= 11 is 3.75. The van der Waals surface area contributed by atoms with Crippen LogP contribution < -0.4 is 0 Å². The Morgan fingerprint density at radius 2 is 1.64 bits per heavy atom. The van der Waals surface area contributed by atoms with E-state index in [1.54, 1.807) is 0 Å². The first kappa shape index (κ1) is 9.80. The molecular formula is C12H7BrSe. The van der Waals surface area contributed by atoms with E-state index in [9.17, 15) is 0 Å². The van der Waals surface area contributed by atoms with Gasteiger partial charge in [0.05, 0.1) is 0 Å². The zero-order valence-electron chi connectivity index (χ0n) is 7.33. The van der Waals surface area contributed by atoms with Crippen molar-refractivity contribution < 1.29 is 0 Å². The molecule has 0 aromatic carbocycles. The van der Waals surface area contributed by atoms with Crippen molar-refractivity contribution in [2.75, 3.05) is 0 Å². The SMILES string of the molecule is C#Cc1[se]ccc1Br.c1cc2ccc1-2. The molecule has 1 aromatic heterocycles. The van der Waals surface area contributed by atoms with Crippen LogP contribution in [0.15, 0.2) is 39.7 Å². The third-order valence-electron chi connectivity index (χ3n) is 1.97. The quantitative estimate of drug-likeness (QED) is 0.442. The van der Waals surface area contributed by atoms with E-state index in [0.717, 1.165) is 8.91 Å². The van der Waals surface area contributed by atoms with Crippen LogP contribution in [0.4, 0.5) is 0 Å². The standard InChI is InChI=1S/C6H3BrSe.C6H4/c1-2-6-5(7)3-4-8-6;1-2-6-4-3-5(1)6/h1,3-4H;1-4H. The molecule has 0 nitrogen and oxygen atoms in total. The maximum absolute atomic E-state index is 5.16. The minimum atomic E-state index is 0.424. The van der Waals surface area contributed by atoms with Gasteiger partial charge >= 0.3 is 62.7 Å². The van der Waals surface area contributed by atoms with E-state index >= 15 is 0 Å². The molecule has 2 heteroatoms. The molecule has 0 N–H and O–H groups in total. The van der Waals surface area contributed by atoms with Crippen LogP contribution in [0.5, 0.6) is 0 Å². The normalized spacial score (nSPS) is 9.71. The van der Waals surface area contributed by atoms with E-state index in [0.29, 0.717) is 14.5 Å². The van der Waals surface area contributed by atoms with Gasteiger partial charge in [-0.15, -0.1) is 0 Å². The van der Waals surface area contributed by atoms with Crippen LogP contribution in [0.25, 0.3) is 11.1 Å². The first-order chi connectivity index (χ1) is 6.81. The molecule has 1 aromatic rings. The van der Waals surface area contributed by atoms with Gasteiger partial charge in [0.1, 0.15) is 0 Å². The largest absolute Gasteiger partial charge is 0.0538 e. The van der Waals surface area contributed by atoms with Crippen molar-refractivity contribution in [1.82, 2.24) is 0 Å². The van der Waals surface area contributed by atoms with Gasteiger partial charge in [-0.25, -0.2) is 0 Å². The number of halogens is 1. The number of fused-ring (bicyclic) bond motifs is 1. The second-order valence-corrected chi connectivity index (χ2v) is 5.60. The molecule has 0 radical (unpaired) electrons. The molecular weight excluding hydrogens is 303 g/mol. The Bertz CT molecular complexity index is 453. The van der Waals surface area contributed by atoms with Gasteiger partial charge < -0.3 is 0 Å². The van der Waals surface area contributed by atoms with Gasteiger partial charge in [0.15, 0.2) is 0 Å². The van der Waals surface area contributed by atoms with Crippen molar-refractivity contribution in [2.24, 2.45) is 0 Å². The van der Waals surface area contributed by atoms with Crippen molar-refractivity contribution >= 4 is 30.4 Å². The number of rotatable bonds is 0. The van der Waals surface area contributed by atoms with Gasteiger partial charge in [-0.3, -0.25) is 0 Å². The average Bonchev–Trinajstić information content (AvgIpc) is 2.58. The third kappa shape index (κ3) is 1.86. The van der Waals surface area contributed by atoms with Crippen molar-refractivity contribution in [2.45, 2.75) is 0 Å². The Labute approximate surface area is 97.8 Å². The van der Waals surface area contributed by atoms with Gasteiger partial charge in [0.25, 0.3) is 0 Å². The second kappa shape index (κ2) is 4.19. The van der Waals surface area contributed by atoms with Gasteiger partial charge in [-0.05, 0) is 11.1 Å². The summed E-state index contributed by atoms with van der Waals surface area (Å²) < 4.78 is 2.19. The van der Waals surface area contributed by atoms with Gasteiger partial charge in [-0.1, -0.05) is 24.3 Å². The smallest absolute Gasteiger partial charge is 0.0184 e. The molecule has 1 heterocycles. The molecule has 0 spiro atoms. The summed E-state index contributed by atoms with van der Waals surface area (Å²) in [5.74, 6) is 2.61. The van der Waals surface area contributed by atoms with Crippen molar-refractivity contribution in [3.8, 4) is 23.5 Å². The second-order valence-electron chi connectivity index (χ2n) is 2.82. The Kier molecular flexibility index (Phi) is 2.93. The maximum Gasteiger partial charge on any atom is -0.0184 e. The fourth-order valence-corrected chi connectivity index (χ4v) is 3.42. The summed E-state index contributed by atoms with van der Waals surface area (Å²) in [4.78, 5) is 2.10. The Hall–Kier alpha value is -0.741. The van der Waals surface area contributed by atoms with Crippen molar-refractivity contribution in [3.63, 3.8) is 0 Å². The Morgan fingerprint density at radius 3 is 1.79 bits per heavy atom. The number of hydrogen-bond donors (Lipinski definition) is 0. The number of benzene rings is 1. The van der Waals surface area contributed by atoms with Gasteiger partial charge in [0, 0.05) is 0 Å². The minimum absolute atomic E-state index is 0.424. The zero-order valence-corrected chi connectivity index (χ0v) is 10.6. The predicted molar refractivity (Wildman–Crippen MR) is 64.5 cm³/mol. The van der Waals surface area contributed by atoms with E-state index in [4.69, 9.17) is 6.42 Å². The van der Waals surface area contributed by atoms with Gasteiger partial charge in [-0.2, -0.15) is 0 Å². The first-order valence-electron chi connectivity index (χ1n) is 4.11. The molecule has 0 amide bonds. The summed E-state index contributed by atoms with van der Waals surface area (Å²) in [5.41, 5.74) is 2.85. The minimum Gasteiger partial charge on any atom is -0.0538 e. The summed E-state index contributed by atoms with van der Waals surface area (Å²) in [5, 5.41) is 0. The monoisotopic (exact) mass is 310 g/mol. The molecule has 0 aliphatic heterocycles. The van der Waals surface area contributed by atoms with Crippen LogP contribution in [0.1, 0.15) is 4.44 Å². The topological polar surface area (TPSA) is 0 Å². The zero-order chi connectivity index (χ0) is 9.97. The molecule has 0 atom stereocenters. The number of hydrogen-bond acceptors (Lipinski definition) is 0. The van der Waals surface area contributed by atoms with Gasteiger partial charge in [0.2, 0.25) is 0 Å². The van der Waals surface area contributed by atoms with E-state index in [-0.39, 0.29) is 0 Å². The first-order valence-corrected chi connectivity index (χ1v) is 6.75. The Balaban J connectivity index is 0.000000110. The molecule has 3 rings (SSSR count). The van der Waals surface area contributed by atoms with Crippen LogP contribution in [0.2, 0.25) is 0 Å². The van der Waals surface area contributed by atoms with Crippen LogP contribution in [0, 0.1) is 12.3 Å². The molecule has 0 unspecified atom stereocenters. The van der Waals surface area contributed by atoms with E-state index < -0.39 is 0 Å². The van der Waals surface area contributed by atoms with E-state index in [1.807, 2.05) is 6.07 Å². The number of terminal acetylenes is 1. The molecule has 68 valence electrons. The van der Waals surface area contributed by atoms with Crippen LogP contribution in [0.3, 0.4) is 0 Å². The van der Waals surface area contributed by atoms with Crippen molar-refractivity contribution in [1.29, 1.82) is 0 Å². The molecule has 0 saturated carbocycles. The Morgan fingerprint density at radius 1 is 1.07 bits per heavy atom. The summed E-state index contributed by atoms with van der Waals surface area (Å²) in [7, 11) is 0. The van der Waals surface area contributed by atoms with E-state index in [1.165, 1.54) is 11.1 Å². The fraction of sp³-hybridized carbons (Fsp3) is 0. The average molecular weight is 310 g/mol. The molecule has 0 saturated heterocycles. The third-order valence-corrected chi connectivity index (χ3v) is 4.99. The van der Waals surface area contributed by atoms with Crippen molar-refractivity contribution in [3.05, 3.63) is 44.2 Å². The molecule has 14 heavy (non-hydrogen) atoms. The maximum atomic E-state index is 5.16. The predicted octanol–water partition coefficient (Wildman–Crippen LogP) is 3.15. The fourth-order valence-electron chi connectivity index (χ4n) is 1.06. The van der Waals surface area contributed by atoms with Crippen LogP contribution in [-0.4, -0.2) is 14.5 Å². The van der Waals surface area contributed by atoms with Crippen LogP contribution in [-0.2, 0) is 0 Å².